The van der Waals surface area contributed by atoms with Gasteiger partial charge in [-0.2, -0.15) is 0 Å². The number of amides is 1. The number of piperidine rings is 1. The number of hydrogen-bond donors (Lipinski definition) is 0. The summed E-state index contributed by atoms with van der Waals surface area (Å²) in [5.41, 5.74) is 2.39. The van der Waals surface area contributed by atoms with E-state index >= 15 is 0 Å². The topological polar surface area (TPSA) is 38.8 Å². The highest BCUT2D eigenvalue weighted by atomic mass is 19.1. The van der Waals surface area contributed by atoms with Crippen molar-refractivity contribution in [3.63, 3.8) is 0 Å². The Kier molecular flexibility index (Phi) is 5.33. The van der Waals surface area contributed by atoms with E-state index in [2.05, 4.69) is 0 Å². The molecule has 2 aromatic rings. The summed E-state index contributed by atoms with van der Waals surface area (Å²) >= 11 is 0. The molecule has 0 radical (unpaired) electrons. The molecule has 0 spiro atoms. The quantitative estimate of drug-likeness (QED) is 0.732. The van der Waals surface area contributed by atoms with E-state index < -0.39 is 0 Å². The first-order chi connectivity index (χ1) is 13.7. The first kappa shape index (κ1) is 18.5. The minimum absolute atomic E-state index is 0.0198. The Morgan fingerprint density at radius 1 is 1.14 bits per heavy atom. The van der Waals surface area contributed by atoms with Crippen LogP contribution in [0.1, 0.15) is 36.8 Å². The lowest BCUT2D eigenvalue weighted by atomic mass is 9.82. The number of rotatable bonds is 4. The molecule has 146 valence electrons. The minimum Gasteiger partial charge on any atom is -0.496 e. The molecule has 2 aliphatic heterocycles. The standard InChI is InChI=1S/C23H24FNO3/c1-27-21-12-6-11-20(24)22(21)17-13-18-9-5-10-19(14-17)25(18)23(26)28-15-16-7-3-2-4-8-16/h2-4,6-8,11-13,18-19H,5,9-10,14-15H2,1H3. The molecule has 2 unspecified atom stereocenters. The molecule has 2 bridgehead atoms. The number of nitrogens with zero attached hydrogens (tertiary/aromatic N) is 1. The zero-order valence-electron chi connectivity index (χ0n) is 15.9. The smallest absolute Gasteiger partial charge is 0.410 e. The van der Waals surface area contributed by atoms with E-state index in [1.165, 1.54) is 6.07 Å². The molecule has 5 heteroatoms. The van der Waals surface area contributed by atoms with Crippen molar-refractivity contribution in [1.82, 2.24) is 4.90 Å². The largest absolute Gasteiger partial charge is 0.496 e. The van der Waals surface area contributed by atoms with Gasteiger partial charge in [0.15, 0.2) is 0 Å². The van der Waals surface area contributed by atoms with E-state index in [0.29, 0.717) is 17.7 Å². The number of carbonyl (C=O) groups excluding carboxylic acids is 1. The van der Waals surface area contributed by atoms with Crippen LogP contribution in [0.15, 0.2) is 54.6 Å². The Morgan fingerprint density at radius 3 is 2.71 bits per heavy atom. The van der Waals surface area contributed by atoms with Crippen LogP contribution in [0.3, 0.4) is 0 Å². The van der Waals surface area contributed by atoms with Gasteiger partial charge in [0.05, 0.1) is 18.7 Å². The Balaban J connectivity index is 1.55. The van der Waals surface area contributed by atoms with Crippen LogP contribution in [-0.4, -0.2) is 30.2 Å². The molecule has 4 rings (SSSR count). The van der Waals surface area contributed by atoms with Crippen molar-refractivity contribution < 1.29 is 18.7 Å². The van der Waals surface area contributed by atoms with Crippen LogP contribution >= 0.6 is 0 Å². The van der Waals surface area contributed by atoms with E-state index in [9.17, 15) is 9.18 Å². The molecule has 0 saturated carbocycles. The second-order valence-electron chi connectivity index (χ2n) is 7.31. The molecule has 2 aromatic carbocycles. The van der Waals surface area contributed by atoms with Crippen molar-refractivity contribution in [1.29, 1.82) is 0 Å². The first-order valence-electron chi connectivity index (χ1n) is 9.70. The van der Waals surface area contributed by atoms with Gasteiger partial charge in [0, 0.05) is 6.04 Å². The molecule has 2 atom stereocenters. The van der Waals surface area contributed by atoms with Crippen molar-refractivity contribution in [2.24, 2.45) is 0 Å². The molecule has 1 amide bonds. The molecule has 0 N–H and O–H groups in total. The minimum atomic E-state index is -0.297. The van der Waals surface area contributed by atoms with Gasteiger partial charge in [-0.3, -0.25) is 4.90 Å². The number of fused-ring (bicyclic) bond motifs is 2. The Bertz CT molecular complexity index is 881. The second kappa shape index (κ2) is 8.05. The summed E-state index contributed by atoms with van der Waals surface area (Å²) in [5, 5.41) is 0. The molecule has 0 aromatic heterocycles. The van der Waals surface area contributed by atoms with Gasteiger partial charge in [-0.15, -0.1) is 0 Å². The van der Waals surface area contributed by atoms with E-state index in [1.807, 2.05) is 41.3 Å². The SMILES string of the molecule is COc1cccc(F)c1C1=CC2CCCC(C1)N2C(=O)OCc1ccccc1. The van der Waals surface area contributed by atoms with E-state index in [4.69, 9.17) is 9.47 Å². The van der Waals surface area contributed by atoms with Crippen molar-refractivity contribution >= 4 is 11.7 Å². The predicted octanol–water partition coefficient (Wildman–Crippen LogP) is 5.18. The zero-order valence-corrected chi connectivity index (χ0v) is 15.9. The number of benzene rings is 2. The highest BCUT2D eigenvalue weighted by molar-refractivity contribution is 5.76. The average molecular weight is 381 g/mol. The van der Waals surface area contributed by atoms with Crippen LogP contribution in [-0.2, 0) is 11.3 Å². The predicted molar refractivity (Wildman–Crippen MR) is 105 cm³/mol. The van der Waals surface area contributed by atoms with Gasteiger partial charge in [-0.1, -0.05) is 42.5 Å². The third-order valence-corrected chi connectivity index (χ3v) is 5.57. The summed E-state index contributed by atoms with van der Waals surface area (Å²) in [7, 11) is 1.55. The third kappa shape index (κ3) is 3.61. The number of halogens is 1. The van der Waals surface area contributed by atoms with Gasteiger partial charge in [0.1, 0.15) is 18.2 Å². The highest BCUT2D eigenvalue weighted by Crippen LogP contribution is 2.40. The van der Waals surface area contributed by atoms with Gasteiger partial charge in [-0.05, 0) is 49.0 Å². The number of carbonyl (C=O) groups is 1. The summed E-state index contributed by atoms with van der Waals surface area (Å²) in [4.78, 5) is 14.6. The van der Waals surface area contributed by atoms with Crippen LogP contribution in [0.5, 0.6) is 5.75 Å². The molecule has 2 heterocycles. The maximum Gasteiger partial charge on any atom is 0.410 e. The Labute approximate surface area is 164 Å². The van der Waals surface area contributed by atoms with Gasteiger partial charge < -0.3 is 9.47 Å². The molecule has 4 nitrogen and oxygen atoms in total. The summed E-state index contributed by atoms with van der Waals surface area (Å²) in [6.45, 7) is 0.257. The maximum atomic E-state index is 14.5. The van der Waals surface area contributed by atoms with Gasteiger partial charge in [-0.25, -0.2) is 9.18 Å². The molecule has 2 aliphatic rings. The zero-order chi connectivity index (χ0) is 19.5. The van der Waals surface area contributed by atoms with E-state index in [-0.39, 0.29) is 30.6 Å². The van der Waals surface area contributed by atoms with Crippen molar-refractivity contribution in [2.45, 2.75) is 44.4 Å². The monoisotopic (exact) mass is 381 g/mol. The number of ether oxygens (including phenoxy) is 2. The molecule has 1 saturated heterocycles. The lowest BCUT2D eigenvalue weighted by Gasteiger charge is -2.44. The Morgan fingerprint density at radius 2 is 1.96 bits per heavy atom. The van der Waals surface area contributed by atoms with Crippen LogP contribution in [0, 0.1) is 5.82 Å². The fourth-order valence-corrected chi connectivity index (χ4v) is 4.28. The molecular formula is C23H24FNO3. The summed E-state index contributed by atoms with van der Waals surface area (Å²) in [5.74, 6) is 0.244. The van der Waals surface area contributed by atoms with Gasteiger partial charge in [0.2, 0.25) is 0 Å². The fraction of sp³-hybridized carbons (Fsp3) is 0.348. The van der Waals surface area contributed by atoms with Crippen molar-refractivity contribution in [2.75, 3.05) is 7.11 Å². The van der Waals surface area contributed by atoms with E-state index in [1.54, 1.807) is 19.2 Å². The van der Waals surface area contributed by atoms with Gasteiger partial charge >= 0.3 is 6.09 Å². The first-order valence-corrected chi connectivity index (χ1v) is 9.70. The fourth-order valence-electron chi connectivity index (χ4n) is 4.28. The molecule has 0 aliphatic carbocycles. The third-order valence-electron chi connectivity index (χ3n) is 5.57. The lowest BCUT2D eigenvalue weighted by Crippen LogP contribution is -2.51. The van der Waals surface area contributed by atoms with Crippen molar-refractivity contribution in [3.8, 4) is 5.75 Å². The summed E-state index contributed by atoms with van der Waals surface area (Å²) in [6, 6.07) is 14.5. The maximum absolute atomic E-state index is 14.5. The Hall–Kier alpha value is -2.82. The highest BCUT2D eigenvalue weighted by Gasteiger charge is 2.39. The second-order valence-corrected chi connectivity index (χ2v) is 7.31. The number of hydrogen-bond acceptors (Lipinski definition) is 3. The van der Waals surface area contributed by atoms with Crippen LogP contribution < -0.4 is 4.74 Å². The van der Waals surface area contributed by atoms with E-state index in [0.717, 1.165) is 30.4 Å². The lowest BCUT2D eigenvalue weighted by molar-refractivity contribution is 0.0510. The summed E-state index contributed by atoms with van der Waals surface area (Å²) in [6.07, 6.45) is 5.13. The number of methoxy groups -OCH3 is 1. The van der Waals surface area contributed by atoms with Crippen molar-refractivity contribution in [3.05, 3.63) is 71.6 Å². The van der Waals surface area contributed by atoms with Gasteiger partial charge in [0.25, 0.3) is 0 Å². The summed E-state index contributed by atoms with van der Waals surface area (Å²) < 4.78 is 25.5. The van der Waals surface area contributed by atoms with Crippen LogP contribution in [0.4, 0.5) is 9.18 Å². The van der Waals surface area contributed by atoms with Crippen LogP contribution in [0.2, 0.25) is 0 Å². The molecule has 1 fully saturated rings. The molecular weight excluding hydrogens is 357 g/mol. The molecule has 28 heavy (non-hydrogen) atoms. The van der Waals surface area contributed by atoms with Crippen LogP contribution in [0.25, 0.3) is 5.57 Å². The normalized spacial score (nSPS) is 21.1. The average Bonchev–Trinajstić information content (AvgIpc) is 2.71.